The molecule has 0 aromatic heterocycles. The molecule has 0 unspecified atom stereocenters. The highest BCUT2D eigenvalue weighted by atomic mass is 16.2. The van der Waals surface area contributed by atoms with E-state index in [1.165, 1.54) is 19.3 Å². The molecule has 0 heterocycles. The van der Waals surface area contributed by atoms with Crippen LogP contribution in [0.15, 0.2) is 0 Å². The predicted molar refractivity (Wildman–Crippen MR) is 71.8 cm³/mol. The highest BCUT2D eigenvalue weighted by Gasteiger charge is 2.32. The Balaban J connectivity index is 2.55. The van der Waals surface area contributed by atoms with Gasteiger partial charge in [0.2, 0.25) is 5.91 Å². The average molecular weight is 240 g/mol. The quantitative estimate of drug-likeness (QED) is 0.803. The summed E-state index contributed by atoms with van der Waals surface area (Å²) < 4.78 is 0. The van der Waals surface area contributed by atoms with Crippen molar-refractivity contribution in [3.63, 3.8) is 0 Å². The summed E-state index contributed by atoms with van der Waals surface area (Å²) in [6.45, 7) is 7.13. The Kier molecular flexibility index (Phi) is 5.44. The van der Waals surface area contributed by atoms with Crippen molar-refractivity contribution in [3.8, 4) is 0 Å². The third-order valence-electron chi connectivity index (χ3n) is 3.76. The van der Waals surface area contributed by atoms with Gasteiger partial charge in [0.25, 0.3) is 0 Å². The Morgan fingerprint density at radius 2 is 1.88 bits per heavy atom. The molecule has 0 radical (unpaired) electrons. The van der Waals surface area contributed by atoms with Crippen LogP contribution in [0.5, 0.6) is 0 Å². The second-order valence-electron chi connectivity index (χ2n) is 5.78. The molecule has 1 saturated carbocycles. The van der Waals surface area contributed by atoms with Crippen LogP contribution in [0.3, 0.4) is 0 Å². The van der Waals surface area contributed by atoms with E-state index in [-0.39, 0.29) is 17.5 Å². The van der Waals surface area contributed by atoms with Crippen LogP contribution in [-0.2, 0) is 4.79 Å². The summed E-state index contributed by atoms with van der Waals surface area (Å²) in [6.07, 6.45) is 7.20. The van der Waals surface area contributed by atoms with Gasteiger partial charge in [0.1, 0.15) is 0 Å². The average Bonchev–Trinajstić information content (AvgIpc) is 2.25. The van der Waals surface area contributed by atoms with Gasteiger partial charge in [0, 0.05) is 24.5 Å². The Hall–Kier alpha value is -0.570. The van der Waals surface area contributed by atoms with Crippen molar-refractivity contribution in [1.29, 1.82) is 0 Å². The second kappa shape index (κ2) is 6.39. The topological polar surface area (TPSA) is 46.3 Å². The summed E-state index contributed by atoms with van der Waals surface area (Å²) in [5.41, 5.74) is 6.12. The van der Waals surface area contributed by atoms with Gasteiger partial charge in [-0.15, -0.1) is 0 Å². The Labute approximate surface area is 106 Å². The first-order valence-corrected chi connectivity index (χ1v) is 7.07. The number of nitrogens with zero attached hydrogens (tertiary/aromatic N) is 1. The molecule has 0 spiro atoms. The van der Waals surface area contributed by atoms with E-state index < -0.39 is 0 Å². The van der Waals surface area contributed by atoms with E-state index in [0.29, 0.717) is 6.42 Å². The van der Waals surface area contributed by atoms with E-state index in [9.17, 15) is 4.79 Å². The molecule has 0 saturated heterocycles. The molecule has 100 valence electrons. The molecule has 1 rings (SSSR count). The SMILES string of the molecule is CCCN(C(=O)CC1(N)CCCCC1)C(C)C. The Bertz CT molecular complexity index is 245. The summed E-state index contributed by atoms with van der Waals surface area (Å²) in [6, 6.07) is 0.287. The van der Waals surface area contributed by atoms with Crippen molar-refractivity contribution in [2.24, 2.45) is 5.73 Å². The minimum atomic E-state index is -0.226. The molecule has 1 fully saturated rings. The Morgan fingerprint density at radius 3 is 2.35 bits per heavy atom. The third kappa shape index (κ3) is 4.30. The summed E-state index contributed by atoms with van der Waals surface area (Å²) >= 11 is 0. The molecule has 1 aliphatic carbocycles. The molecule has 0 aromatic rings. The molecule has 3 nitrogen and oxygen atoms in total. The van der Waals surface area contributed by atoms with Crippen molar-refractivity contribution in [3.05, 3.63) is 0 Å². The number of carbonyl (C=O) groups excluding carboxylic acids is 1. The summed E-state index contributed by atoms with van der Waals surface area (Å²) in [5, 5.41) is 0. The predicted octanol–water partition coefficient (Wildman–Crippen LogP) is 2.69. The van der Waals surface area contributed by atoms with Crippen molar-refractivity contribution in [1.82, 2.24) is 4.90 Å². The van der Waals surface area contributed by atoms with Crippen molar-refractivity contribution >= 4 is 5.91 Å². The normalized spacial score (nSPS) is 19.4. The summed E-state index contributed by atoms with van der Waals surface area (Å²) in [5.74, 6) is 0.242. The number of rotatable bonds is 5. The lowest BCUT2D eigenvalue weighted by Crippen LogP contribution is -2.48. The molecule has 2 N–H and O–H groups in total. The number of amides is 1. The lowest BCUT2D eigenvalue weighted by atomic mass is 9.80. The van der Waals surface area contributed by atoms with E-state index in [4.69, 9.17) is 5.73 Å². The molecule has 0 atom stereocenters. The van der Waals surface area contributed by atoms with Crippen LogP contribution in [0.4, 0.5) is 0 Å². The first kappa shape index (κ1) is 14.5. The number of nitrogens with two attached hydrogens (primary N) is 1. The zero-order valence-corrected chi connectivity index (χ0v) is 11.7. The number of hydrogen-bond acceptors (Lipinski definition) is 2. The van der Waals surface area contributed by atoms with Gasteiger partial charge in [-0.3, -0.25) is 4.79 Å². The largest absolute Gasteiger partial charge is 0.340 e. The van der Waals surface area contributed by atoms with Gasteiger partial charge in [-0.1, -0.05) is 26.2 Å². The maximum atomic E-state index is 12.3. The van der Waals surface area contributed by atoms with Crippen LogP contribution < -0.4 is 5.73 Å². The van der Waals surface area contributed by atoms with Gasteiger partial charge in [-0.25, -0.2) is 0 Å². The minimum absolute atomic E-state index is 0.226. The smallest absolute Gasteiger partial charge is 0.224 e. The monoisotopic (exact) mass is 240 g/mol. The fraction of sp³-hybridized carbons (Fsp3) is 0.929. The Morgan fingerprint density at radius 1 is 1.29 bits per heavy atom. The highest BCUT2D eigenvalue weighted by Crippen LogP contribution is 2.29. The van der Waals surface area contributed by atoms with Crippen LogP contribution in [0.1, 0.15) is 65.7 Å². The lowest BCUT2D eigenvalue weighted by molar-refractivity contribution is -0.134. The molecule has 0 aromatic carbocycles. The molecular formula is C14H28N2O. The highest BCUT2D eigenvalue weighted by molar-refractivity contribution is 5.77. The lowest BCUT2D eigenvalue weighted by Gasteiger charge is -2.36. The van der Waals surface area contributed by atoms with Gasteiger partial charge in [-0.2, -0.15) is 0 Å². The van der Waals surface area contributed by atoms with Gasteiger partial charge < -0.3 is 10.6 Å². The van der Waals surface area contributed by atoms with Crippen LogP contribution in [0.25, 0.3) is 0 Å². The molecule has 1 amide bonds. The van der Waals surface area contributed by atoms with Gasteiger partial charge >= 0.3 is 0 Å². The molecule has 1 aliphatic rings. The molecular weight excluding hydrogens is 212 g/mol. The van der Waals surface area contributed by atoms with Crippen molar-refractivity contribution in [2.45, 2.75) is 77.3 Å². The summed E-state index contributed by atoms with van der Waals surface area (Å²) in [4.78, 5) is 14.3. The zero-order valence-electron chi connectivity index (χ0n) is 11.7. The first-order chi connectivity index (χ1) is 7.98. The number of hydrogen-bond donors (Lipinski definition) is 1. The fourth-order valence-corrected chi connectivity index (χ4v) is 2.75. The first-order valence-electron chi connectivity index (χ1n) is 7.07. The second-order valence-corrected chi connectivity index (χ2v) is 5.78. The minimum Gasteiger partial charge on any atom is -0.340 e. The zero-order chi connectivity index (χ0) is 12.9. The molecule has 0 bridgehead atoms. The third-order valence-corrected chi connectivity index (χ3v) is 3.76. The van der Waals surface area contributed by atoms with E-state index >= 15 is 0 Å². The van der Waals surface area contributed by atoms with E-state index in [1.54, 1.807) is 0 Å². The van der Waals surface area contributed by atoms with Gasteiger partial charge in [-0.05, 0) is 33.1 Å². The van der Waals surface area contributed by atoms with Gasteiger partial charge in [0.15, 0.2) is 0 Å². The van der Waals surface area contributed by atoms with Crippen molar-refractivity contribution in [2.75, 3.05) is 6.54 Å². The van der Waals surface area contributed by atoms with Crippen LogP contribution in [0.2, 0.25) is 0 Å². The van der Waals surface area contributed by atoms with E-state index in [2.05, 4.69) is 20.8 Å². The van der Waals surface area contributed by atoms with Crippen LogP contribution in [-0.4, -0.2) is 28.9 Å². The van der Waals surface area contributed by atoms with E-state index in [1.807, 2.05) is 4.90 Å². The van der Waals surface area contributed by atoms with Crippen LogP contribution in [0, 0.1) is 0 Å². The molecule has 17 heavy (non-hydrogen) atoms. The van der Waals surface area contributed by atoms with Crippen molar-refractivity contribution < 1.29 is 4.79 Å². The summed E-state index contributed by atoms with van der Waals surface area (Å²) in [7, 11) is 0. The maximum Gasteiger partial charge on any atom is 0.224 e. The van der Waals surface area contributed by atoms with E-state index in [0.717, 1.165) is 25.8 Å². The van der Waals surface area contributed by atoms with Crippen LogP contribution >= 0.6 is 0 Å². The molecule has 3 heteroatoms. The number of carbonyl (C=O) groups is 1. The maximum absolute atomic E-state index is 12.3. The van der Waals surface area contributed by atoms with Gasteiger partial charge in [0.05, 0.1) is 0 Å². The molecule has 0 aliphatic heterocycles. The fourth-order valence-electron chi connectivity index (χ4n) is 2.75. The standard InChI is InChI=1S/C14H28N2O/c1-4-10-16(12(2)3)13(17)11-14(15)8-6-5-7-9-14/h12H,4-11,15H2,1-3H3.